The van der Waals surface area contributed by atoms with Gasteiger partial charge < -0.3 is 4.98 Å². The summed E-state index contributed by atoms with van der Waals surface area (Å²) in [6, 6.07) is 2.42. The highest BCUT2D eigenvalue weighted by Crippen LogP contribution is 2.25. The Morgan fingerprint density at radius 2 is 2.25 bits per heavy atom. The minimum Gasteiger partial charge on any atom is -0.301 e. The van der Waals surface area contributed by atoms with Crippen LogP contribution in [-0.4, -0.2) is 15.0 Å². The molecule has 0 saturated carbocycles. The van der Waals surface area contributed by atoms with E-state index in [-0.39, 0.29) is 20.8 Å². The first kappa shape index (κ1) is 11.1. The van der Waals surface area contributed by atoms with Crippen LogP contribution in [0.5, 0.6) is 0 Å². The summed E-state index contributed by atoms with van der Waals surface area (Å²) < 4.78 is 13.3. The molecule has 2 heterocycles. The number of halogens is 2. The van der Waals surface area contributed by atoms with Gasteiger partial charge in [0.15, 0.2) is 11.0 Å². The van der Waals surface area contributed by atoms with Crippen LogP contribution in [0.3, 0.4) is 0 Å². The third kappa shape index (κ3) is 2.59. The van der Waals surface area contributed by atoms with Gasteiger partial charge in [0.1, 0.15) is 5.03 Å². The lowest BCUT2D eigenvalue weighted by Crippen LogP contribution is -2.05. The zero-order valence-corrected chi connectivity index (χ0v) is 9.35. The van der Waals surface area contributed by atoms with Gasteiger partial charge in [-0.3, -0.25) is 4.79 Å². The standard InChI is InChI=1S/C9H5ClFN3OS/c10-5-3-6(11)8(13-4-5)16-9-12-2-1-7(15)14-9/h1-4H,(H,12,14,15). The number of hydrogen-bond donors (Lipinski definition) is 1. The Balaban J connectivity index is 2.30. The third-order valence-corrected chi connectivity index (χ3v) is 2.72. The van der Waals surface area contributed by atoms with E-state index < -0.39 is 5.82 Å². The van der Waals surface area contributed by atoms with E-state index in [2.05, 4.69) is 15.0 Å². The Labute approximate surface area is 98.9 Å². The molecule has 0 aliphatic carbocycles. The lowest BCUT2D eigenvalue weighted by atomic mass is 10.5. The number of rotatable bonds is 2. The quantitative estimate of drug-likeness (QED) is 0.837. The monoisotopic (exact) mass is 257 g/mol. The van der Waals surface area contributed by atoms with Gasteiger partial charge in [0.25, 0.3) is 5.56 Å². The molecule has 1 N–H and O–H groups in total. The van der Waals surface area contributed by atoms with Gasteiger partial charge in [-0.05, 0) is 17.8 Å². The highest BCUT2D eigenvalue weighted by molar-refractivity contribution is 7.99. The molecule has 0 unspecified atom stereocenters. The van der Waals surface area contributed by atoms with Crippen molar-refractivity contribution in [1.29, 1.82) is 0 Å². The molecular formula is C9H5ClFN3OS. The van der Waals surface area contributed by atoms with Crippen molar-refractivity contribution in [2.75, 3.05) is 0 Å². The average Bonchev–Trinajstić information content (AvgIpc) is 2.22. The fourth-order valence-corrected chi connectivity index (χ4v) is 1.83. The second-order valence-corrected chi connectivity index (χ2v) is 4.20. The number of pyridine rings is 1. The maximum Gasteiger partial charge on any atom is 0.251 e. The zero-order chi connectivity index (χ0) is 11.5. The Morgan fingerprint density at radius 1 is 1.44 bits per heavy atom. The Hall–Kier alpha value is -1.40. The molecule has 2 rings (SSSR count). The van der Waals surface area contributed by atoms with Crippen LogP contribution in [0.4, 0.5) is 4.39 Å². The van der Waals surface area contributed by atoms with Crippen molar-refractivity contribution < 1.29 is 4.39 Å². The second kappa shape index (κ2) is 4.63. The van der Waals surface area contributed by atoms with Gasteiger partial charge in [-0.15, -0.1) is 0 Å². The maximum absolute atomic E-state index is 13.3. The summed E-state index contributed by atoms with van der Waals surface area (Å²) in [4.78, 5) is 21.1. The van der Waals surface area contributed by atoms with Crippen LogP contribution in [0.25, 0.3) is 0 Å². The summed E-state index contributed by atoms with van der Waals surface area (Å²) in [5.74, 6) is -0.552. The fraction of sp³-hybridized carbons (Fsp3) is 0. The molecule has 0 aromatic carbocycles. The van der Waals surface area contributed by atoms with Gasteiger partial charge in [-0.25, -0.2) is 14.4 Å². The minimum absolute atomic E-state index is 0.110. The first-order chi connectivity index (χ1) is 7.65. The van der Waals surface area contributed by atoms with E-state index in [9.17, 15) is 9.18 Å². The largest absolute Gasteiger partial charge is 0.301 e. The summed E-state index contributed by atoms with van der Waals surface area (Å²) in [7, 11) is 0. The molecule has 4 nitrogen and oxygen atoms in total. The van der Waals surface area contributed by atoms with Gasteiger partial charge >= 0.3 is 0 Å². The van der Waals surface area contributed by atoms with Crippen molar-refractivity contribution in [3.8, 4) is 0 Å². The Morgan fingerprint density at radius 3 is 2.94 bits per heavy atom. The summed E-state index contributed by atoms with van der Waals surface area (Å²) >= 11 is 6.49. The van der Waals surface area contributed by atoms with Crippen molar-refractivity contribution in [2.45, 2.75) is 10.2 Å². The third-order valence-electron chi connectivity index (χ3n) is 1.62. The van der Waals surface area contributed by atoms with E-state index in [1.807, 2.05) is 0 Å². The number of aromatic nitrogens is 3. The van der Waals surface area contributed by atoms with Gasteiger partial charge in [0, 0.05) is 18.5 Å². The van der Waals surface area contributed by atoms with Gasteiger partial charge in [0.2, 0.25) is 0 Å². The highest BCUT2D eigenvalue weighted by atomic mass is 35.5. The first-order valence-corrected chi connectivity index (χ1v) is 5.39. The summed E-state index contributed by atoms with van der Waals surface area (Å²) in [5, 5.41) is 0.608. The molecule has 0 spiro atoms. The van der Waals surface area contributed by atoms with E-state index in [4.69, 9.17) is 11.6 Å². The fourth-order valence-electron chi connectivity index (χ4n) is 0.973. The summed E-state index contributed by atoms with van der Waals surface area (Å²) in [6.07, 6.45) is 2.67. The molecule has 82 valence electrons. The van der Waals surface area contributed by atoms with Crippen LogP contribution < -0.4 is 5.56 Å². The first-order valence-electron chi connectivity index (χ1n) is 4.19. The van der Waals surface area contributed by atoms with E-state index in [0.717, 1.165) is 17.8 Å². The molecule has 7 heteroatoms. The highest BCUT2D eigenvalue weighted by Gasteiger charge is 2.07. The SMILES string of the molecule is O=c1ccnc(Sc2ncc(Cl)cc2F)[nH]1. The molecule has 2 aromatic rings. The Kier molecular flexibility index (Phi) is 3.21. The van der Waals surface area contributed by atoms with Crippen LogP contribution >= 0.6 is 23.4 Å². The number of nitrogens with one attached hydrogen (secondary N) is 1. The molecule has 2 aromatic heterocycles. The predicted molar refractivity (Wildman–Crippen MR) is 58.2 cm³/mol. The molecule has 0 amide bonds. The number of aromatic amines is 1. The van der Waals surface area contributed by atoms with Crippen molar-refractivity contribution in [3.05, 3.63) is 45.7 Å². The molecule has 0 atom stereocenters. The topological polar surface area (TPSA) is 58.6 Å². The smallest absolute Gasteiger partial charge is 0.251 e. The van der Waals surface area contributed by atoms with E-state index in [0.29, 0.717) is 0 Å². The van der Waals surface area contributed by atoms with Crippen LogP contribution in [0.2, 0.25) is 5.02 Å². The van der Waals surface area contributed by atoms with Crippen LogP contribution in [0, 0.1) is 5.82 Å². The lowest BCUT2D eigenvalue weighted by molar-refractivity contribution is 0.587. The summed E-state index contributed by atoms with van der Waals surface area (Å²) in [6.45, 7) is 0. The molecule has 0 aliphatic rings. The molecule has 0 bridgehead atoms. The molecular weight excluding hydrogens is 253 g/mol. The van der Waals surface area contributed by atoms with E-state index in [1.165, 1.54) is 18.5 Å². The van der Waals surface area contributed by atoms with Crippen LogP contribution in [0.1, 0.15) is 0 Å². The maximum atomic E-state index is 13.3. The van der Waals surface area contributed by atoms with Crippen molar-refractivity contribution in [3.63, 3.8) is 0 Å². The predicted octanol–water partition coefficient (Wildman–Crippen LogP) is 2.11. The molecule has 16 heavy (non-hydrogen) atoms. The van der Waals surface area contributed by atoms with Crippen molar-refractivity contribution >= 4 is 23.4 Å². The molecule has 0 aliphatic heterocycles. The van der Waals surface area contributed by atoms with E-state index >= 15 is 0 Å². The molecule has 0 fully saturated rings. The van der Waals surface area contributed by atoms with Crippen LogP contribution in [0.15, 0.2) is 39.5 Å². The van der Waals surface area contributed by atoms with E-state index in [1.54, 1.807) is 0 Å². The molecule has 0 saturated heterocycles. The summed E-state index contributed by atoms with van der Waals surface area (Å²) in [5.41, 5.74) is -0.299. The zero-order valence-electron chi connectivity index (χ0n) is 7.78. The van der Waals surface area contributed by atoms with Crippen LogP contribution in [-0.2, 0) is 0 Å². The van der Waals surface area contributed by atoms with Crippen molar-refractivity contribution in [1.82, 2.24) is 15.0 Å². The lowest BCUT2D eigenvalue weighted by Gasteiger charge is -2.00. The van der Waals surface area contributed by atoms with Gasteiger partial charge in [0.05, 0.1) is 5.02 Å². The second-order valence-electron chi connectivity index (χ2n) is 2.78. The molecule has 0 radical (unpaired) electrons. The number of nitrogens with zero attached hydrogens (tertiary/aromatic N) is 2. The minimum atomic E-state index is -0.552. The van der Waals surface area contributed by atoms with Gasteiger partial charge in [-0.2, -0.15) is 0 Å². The average molecular weight is 258 g/mol. The Bertz CT molecular complexity index is 575. The van der Waals surface area contributed by atoms with Gasteiger partial charge in [-0.1, -0.05) is 11.6 Å². The number of hydrogen-bond acceptors (Lipinski definition) is 4. The van der Waals surface area contributed by atoms with Crippen molar-refractivity contribution in [2.24, 2.45) is 0 Å². The number of H-pyrrole nitrogens is 1. The normalized spacial score (nSPS) is 10.4.